The third-order valence-corrected chi connectivity index (χ3v) is 4.73. The van der Waals surface area contributed by atoms with Crippen molar-refractivity contribution in [3.63, 3.8) is 0 Å². The Morgan fingerprint density at radius 2 is 2.03 bits per heavy atom. The summed E-state index contributed by atoms with van der Waals surface area (Å²) in [6.07, 6.45) is 0.184. The minimum atomic E-state index is -4.40. The summed E-state index contributed by atoms with van der Waals surface area (Å²) >= 11 is 0. The van der Waals surface area contributed by atoms with Crippen molar-refractivity contribution in [3.05, 3.63) is 57.2 Å². The number of alkyl halides is 3. The number of aromatic nitrogens is 2. The Kier molecular flexibility index (Phi) is 6.35. The van der Waals surface area contributed by atoms with Gasteiger partial charge in [0.25, 0.3) is 5.56 Å². The van der Waals surface area contributed by atoms with Gasteiger partial charge >= 0.3 is 12.3 Å². The van der Waals surface area contributed by atoms with Crippen LogP contribution in [0, 0.1) is 0 Å². The predicted molar refractivity (Wildman–Crippen MR) is 109 cm³/mol. The van der Waals surface area contributed by atoms with Gasteiger partial charge in [0.15, 0.2) is 5.72 Å². The molecule has 0 bridgehead atoms. The van der Waals surface area contributed by atoms with Crippen molar-refractivity contribution in [3.8, 4) is 0 Å². The molecule has 0 fully saturated rings. The molecule has 0 spiro atoms. The van der Waals surface area contributed by atoms with E-state index in [0.717, 1.165) is 16.9 Å². The van der Waals surface area contributed by atoms with Gasteiger partial charge in [-0.15, -0.1) is 4.73 Å². The number of allylic oxidation sites excluding steroid dienone is 5. The lowest BCUT2D eigenvalue weighted by molar-refractivity contribution is -0.0885. The molecule has 0 saturated heterocycles. The Bertz CT molecular complexity index is 1050. The van der Waals surface area contributed by atoms with Crippen molar-refractivity contribution < 1.29 is 27.5 Å². The average molecular weight is 455 g/mol. The second-order valence-corrected chi connectivity index (χ2v) is 7.84. The summed E-state index contributed by atoms with van der Waals surface area (Å²) in [4.78, 5) is 36.1. The second-order valence-electron chi connectivity index (χ2n) is 7.84. The molecule has 1 amide bonds. The van der Waals surface area contributed by atoms with Crippen LogP contribution < -0.4 is 21.4 Å². The maximum atomic E-state index is 12.9. The van der Waals surface area contributed by atoms with Crippen LogP contribution >= 0.6 is 0 Å². The van der Waals surface area contributed by atoms with Gasteiger partial charge in [0.2, 0.25) is 5.95 Å². The highest BCUT2D eigenvalue weighted by Crippen LogP contribution is 2.30. The van der Waals surface area contributed by atoms with E-state index in [1.807, 2.05) is 0 Å². The van der Waals surface area contributed by atoms with Gasteiger partial charge < -0.3 is 19.8 Å². The van der Waals surface area contributed by atoms with E-state index >= 15 is 0 Å². The Labute approximate surface area is 181 Å². The lowest BCUT2D eigenvalue weighted by Gasteiger charge is -2.30. The van der Waals surface area contributed by atoms with Gasteiger partial charge in [-0.1, -0.05) is 12.2 Å². The summed E-state index contributed by atoms with van der Waals surface area (Å²) in [5.74, 6) is 0.0712. The molecular weight excluding hydrogens is 431 g/mol. The maximum Gasteiger partial charge on any atom is 0.416 e. The third-order valence-electron chi connectivity index (χ3n) is 4.73. The number of ether oxygens (including phenoxy) is 1. The van der Waals surface area contributed by atoms with Crippen molar-refractivity contribution in [2.45, 2.75) is 45.1 Å². The van der Waals surface area contributed by atoms with Crippen LogP contribution in [0.2, 0.25) is 0 Å². The summed E-state index contributed by atoms with van der Waals surface area (Å²) < 4.78 is 44.2. The normalized spacial score (nSPS) is 17.7. The van der Waals surface area contributed by atoms with Crippen LogP contribution in [0.3, 0.4) is 0 Å². The molecule has 32 heavy (non-hydrogen) atoms. The number of rotatable bonds is 4. The Balaban J connectivity index is 1.79. The monoisotopic (exact) mass is 455 g/mol. The van der Waals surface area contributed by atoms with Gasteiger partial charge in [0, 0.05) is 19.2 Å². The highest BCUT2D eigenvalue weighted by Gasteiger charge is 2.32. The molecule has 0 aromatic carbocycles. The zero-order valence-electron chi connectivity index (χ0n) is 17.8. The van der Waals surface area contributed by atoms with Crippen LogP contribution in [-0.2, 0) is 17.7 Å². The molecule has 1 aliphatic carbocycles. The van der Waals surface area contributed by atoms with E-state index in [1.54, 1.807) is 0 Å². The lowest BCUT2D eigenvalue weighted by atomic mass is 10.0. The van der Waals surface area contributed by atoms with E-state index in [2.05, 4.69) is 10.3 Å². The summed E-state index contributed by atoms with van der Waals surface area (Å²) in [5.41, 5.74) is 4.65. The summed E-state index contributed by atoms with van der Waals surface area (Å²) in [7, 11) is 1.28. The first-order chi connectivity index (χ1) is 14.9. The van der Waals surface area contributed by atoms with Crippen molar-refractivity contribution in [1.29, 1.82) is 0 Å². The molecule has 0 saturated carbocycles. The summed E-state index contributed by atoms with van der Waals surface area (Å²) in [6, 6.07) is 0. The fourth-order valence-corrected chi connectivity index (χ4v) is 3.20. The number of hydrogen-bond donors (Lipinski definition) is 2. The molecule has 3 N–H and O–H groups in total. The van der Waals surface area contributed by atoms with Crippen LogP contribution in [0.1, 0.15) is 31.5 Å². The van der Waals surface area contributed by atoms with Crippen LogP contribution in [-0.4, -0.2) is 46.3 Å². The SMILES string of the molecule is COn1c(NC=C2C=CC(C(F)(F)F)=CC2)nc2c(c1=O)CN(C(=O)OC(C)(C)N)CC2. The number of amides is 1. The molecule has 0 atom stereocenters. The van der Waals surface area contributed by atoms with Crippen LogP contribution in [0.5, 0.6) is 0 Å². The molecular formula is C20H24F3N5O4. The molecule has 3 rings (SSSR count). The topological polar surface area (TPSA) is 112 Å². The minimum Gasteiger partial charge on any atom is -0.428 e. The molecule has 0 radical (unpaired) electrons. The molecule has 12 heteroatoms. The number of halogens is 3. The van der Waals surface area contributed by atoms with Crippen LogP contribution in [0.25, 0.3) is 0 Å². The van der Waals surface area contributed by atoms with E-state index in [4.69, 9.17) is 15.3 Å². The lowest BCUT2D eigenvalue weighted by Crippen LogP contribution is -2.46. The molecule has 0 unspecified atom stereocenters. The highest BCUT2D eigenvalue weighted by atomic mass is 19.4. The number of carbonyl (C=O) groups is 1. The molecule has 2 aliphatic rings. The number of carbonyl (C=O) groups excluding carboxylic acids is 1. The molecule has 1 aromatic rings. The third kappa shape index (κ3) is 5.31. The van der Waals surface area contributed by atoms with Gasteiger partial charge in [0.1, 0.15) is 7.11 Å². The van der Waals surface area contributed by atoms with Gasteiger partial charge in [-0.05, 0) is 31.9 Å². The molecule has 9 nitrogen and oxygen atoms in total. The number of nitrogens with zero attached hydrogens (tertiary/aromatic N) is 3. The van der Waals surface area contributed by atoms with Gasteiger partial charge in [0.05, 0.1) is 23.4 Å². The second kappa shape index (κ2) is 8.69. The van der Waals surface area contributed by atoms with Crippen molar-refractivity contribution in [2.75, 3.05) is 19.0 Å². The Morgan fingerprint density at radius 1 is 1.31 bits per heavy atom. The molecule has 2 heterocycles. The number of nitrogens with one attached hydrogen (secondary N) is 1. The predicted octanol–water partition coefficient (Wildman–Crippen LogP) is 2.24. The zero-order chi connectivity index (χ0) is 23.7. The van der Waals surface area contributed by atoms with Crippen LogP contribution in [0.15, 0.2) is 40.4 Å². The van der Waals surface area contributed by atoms with E-state index in [0.29, 0.717) is 17.7 Å². The van der Waals surface area contributed by atoms with E-state index in [1.165, 1.54) is 38.1 Å². The number of nitrogens with two attached hydrogens (primary N) is 1. The largest absolute Gasteiger partial charge is 0.428 e. The van der Waals surface area contributed by atoms with Gasteiger partial charge in [-0.2, -0.15) is 13.2 Å². The molecule has 174 valence electrons. The fourth-order valence-electron chi connectivity index (χ4n) is 3.20. The summed E-state index contributed by atoms with van der Waals surface area (Å²) in [6.45, 7) is 3.33. The number of hydrogen-bond acceptors (Lipinski definition) is 7. The van der Waals surface area contributed by atoms with E-state index < -0.39 is 29.1 Å². The first kappa shape index (κ1) is 23.4. The van der Waals surface area contributed by atoms with Crippen molar-refractivity contribution >= 4 is 12.0 Å². The maximum absolute atomic E-state index is 12.9. The average Bonchev–Trinajstić information content (AvgIpc) is 2.70. The smallest absolute Gasteiger partial charge is 0.416 e. The standard InChI is InChI=1S/C20H24F3N5O4/c1-19(2,24)32-18(30)27-9-8-15-14(11-27)16(29)28(31-3)17(26-15)25-10-12-4-6-13(7-5-12)20(21,22)23/h4,6-7,10H,5,8-9,11,24H2,1-3H3,(H,25,26). The molecule has 1 aliphatic heterocycles. The Morgan fingerprint density at radius 3 is 2.59 bits per heavy atom. The van der Waals surface area contributed by atoms with Gasteiger partial charge in [-0.25, -0.2) is 9.78 Å². The number of fused-ring (bicyclic) bond motifs is 1. The highest BCUT2D eigenvalue weighted by molar-refractivity contribution is 5.68. The Hall–Kier alpha value is -3.28. The first-order valence-corrected chi connectivity index (χ1v) is 9.76. The van der Waals surface area contributed by atoms with Crippen molar-refractivity contribution in [1.82, 2.24) is 14.6 Å². The van der Waals surface area contributed by atoms with E-state index in [9.17, 15) is 22.8 Å². The van der Waals surface area contributed by atoms with Crippen LogP contribution in [0.4, 0.5) is 23.9 Å². The van der Waals surface area contributed by atoms with E-state index in [-0.39, 0.29) is 31.0 Å². The minimum absolute atomic E-state index is 0.0193. The van der Waals surface area contributed by atoms with Gasteiger partial charge in [-0.3, -0.25) is 10.5 Å². The first-order valence-electron chi connectivity index (χ1n) is 9.76. The fraction of sp³-hybridized carbons (Fsp3) is 0.450. The molecule has 1 aromatic heterocycles. The number of anilines is 1. The van der Waals surface area contributed by atoms with Crippen molar-refractivity contribution in [2.24, 2.45) is 5.73 Å². The zero-order valence-corrected chi connectivity index (χ0v) is 17.8. The summed E-state index contributed by atoms with van der Waals surface area (Å²) in [5, 5.41) is 2.82. The quantitative estimate of drug-likeness (QED) is 0.670.